The summed E-state index contributed by atoms with van der Waals surface area (Å²) in [6, 6.07) is 11.9. The van der Waals surface area contributed by atoms with Crippen LogP contribution in [0.15, 0.2) is 45.8 Å². The second-order valence-electron chi connectivity index (χ2n) is 9.17. The number of likely N-dealkylation sites (tertiary alicyclic amines) is 1. The van der Waals surface area contributed by atoms with Crippen molar-refractivity contribution in [2.24, 2.45) is 0 Å². The Kier molecular flexibility index (Phi) is 5.62. The molecular formula is C27H27FN2O3S. The van der Waals surface area contributed by atoms with E-state index in [-0.39, 0.29) is 18.5 Å². The number of alkyl halides is 1. The molecular weight excluding hydrogens is 451 g/mol. The first-order valence-corrected chi connectivity index (χ1v) is 12.9. The molecule has 176 valence electrons. The number of aromatic nitrogens is 1. The molecule has 0 aliphatic carbocycles. The van der Waals surface area contributed by atoms with Crippen molar-refractivity contribution in [3.63, 3.8) is 0 Å². The summed E-state index contributed by atoms with van der Waals surface area (Å²) in [5.41, 5.74) is 4.46. The fraction of sp³-hybridized carbons (Fsp3) is 0.370. The monoisotopic (exact) mass is 478 g/mol. The molecule has 34 heavy (non-hydrogen) atoms. The van der Waals surface area contributed by atoms with Crippen molar-refractivity contribution >= 4 is 33.4 Å². The van der Waals surface area contributed by atoms with Gasteiger partial charge in [0.25, 0.3) is 0 Å². The summed E-state index contributed by atoms with van der Waals surface area (Å²) < 4.78 is 24.6. The Morgan fingerprint density at radius 3 is 3.03 bits per heavy atom. The first-order chi connectivity index (χ1) is 16.6. The van der Waals surface area contributed by atoms with Crippen molar-refractivity contribution in [2.45, 2.75) is 37.2 Å². The maximum atomic E-state index is 12.5. The van der Waals surface area contributed by atoms with E-state index in [0.29, 0.717) is 6.42 Å². The number of hydrogen-bond acceptors (Lipinski definition) is 6. The number of phenolic OH excluding ortho intramolecular Hbond substituents is 1. The van der Waals surface area contributed by atoms with Crippen LogP contribution in [-0.2, 0) is 6.42 Å². The number of halogens is 1. The lowest BCUT2D eigenvalue weighted by Gasteiger charge is -2.18. The Morgan fingerprint density at radius 2 is 2.15 bits per heavy atom. The number of nitrogens with zero attached hydrogens (tertiary/aromatic N) is 2. The third-order valence-corrected chi connectivity index (χ3v) is 8.02. The number of fused-ring (bicyclic) bond motifs is 8. The van der Waals surface area contributed by atoms with Crippen molar-refractivity contribution in [3.05, 3.63) is 47.7 Å². The average molecular weight is 479 g/mol. The second kappa shape index (κ2) is 8.78. The number of benzene rings is 3. The van der Waals surface area contributed by atoms with Gasteiger partial charge in [-0.1, -0.05) is 5.16 Å². The Bertz CT molecular complexity index is 1390. The molecule has 5 nitrogen and oxygen atoms in total. The van der Waals surface area contributed by atoms with Crippen molar-refractivity contribution in [2.75, 3.05) is 32.1 Å². The van der Waals surface area contributed by atoms with Gasteiger partial charge in [0, 0.05) is 41.1 Å². The Morgan fingerprint density at radius 1 is 1.24 bits per heavy atom. The van der Waals surface area contributed by atoms with E-state index in [1.54, 1.807) is 17.8 Å². The summed E-state index contributed by atoms with van der Waals surface area (Å²) in [5, 5.41) is 17.8. The van der Waals surface area contributed by atoms with E-state index in [2.05, 4.69) is 22.2 Å². The van der Waals surface area contributed by atoms with Crippen LogP contribution in [0.3, 0.4) is 0 Å². The van der Waals surface area contributed by atoms with Gasteiger partial charge in [-0.15, -0.1) is 11.8 Å². The summed E-state index contributed by atoms with van der Waals surface area (Å²) in [6.45, 7) is 4.26. The van der Waals surface area contributed by atoms with E-state index in [1.807, 2.05) is 25.1 Å². The zero-order valence-electron chi connectivity index (χ0n) is 19.1. The average Bonchev–Trinajstić information content (AvgIpc) is 3.39. The molecule has 3 heterocycles. The SMILES string of the molecule is Cc1onc2c1c1c(c3ccc(O[C@H]4CCN(CCCF)C4)cc32)-c2ccc(O)cc2SCC1. The van der Waals surface area contributed by atoms with Crippen LogP contribution in [0.5, 0.6) is 11.5 Å². The number of hydrogen-bond donors (Lipinski definition) is 1. The molecule has 4 aromatic rings. The van der Waals surface area contributed by atoms with Crippen LogP contribution in [-0.4, -0.2) is 53.3 Å². The van der Waals surface area contributed by atoms with Gasteiger partial charge < -0.3 is 14.4 Å². The summed E-state index contributed by atoms with van der Waals surface area (Å²) in [4.78, 5) is 3.36. The minimum absolute atomic E-state index is 0.104. The molecule has 2 aliphatic rings. The molecule has 7 heteroatoms. The number of ether oxygens (including phenoxy) is 1. The van der Waals surface area contributed by atoms with Gasteiger partial charge in [0.1, 0.15) is 28.9 Å². The van der Waals surface area contributed by atoms with Gasteiger partial charge in [0.2, 0.25) is 0 Å². The molecule has 0 radical (unpaired) electrons. The van der Waals surface area contributed by atoms with Crippen LogP contribution < -0.4 is 4.74 Å². The van der Waals surface area contributed by atoms with E-state index in [1.165, 1.54) is 11.1 Å². The van der Waals surface area contributed by atoms with Crippen LogP contribution in [0.1, 0.15) is 24.2 Å². The molecule has 3 aromatic carbocycles. The fourth-order valence-corrected chi connectivity index (χ4v) is 6.50. The molecule has 6 rings (SSSR count). The summed E-state index contributed by atoms with van der Waals surface area (Å²) in [7, 11) is 0. The zero-order chi connectivity index (χ0) is 23.2. The molecule has 0 amide bonds. The van der Waals surface area contributed by atoms with Gasteiger partial charge in [-0.2, -0.15) is 0 Å². The first kappa shape index (κ1) is 21.7. The highest BCUT2D eigenvalue weighted by Gasteiger charge is 2.26. The van der Waals surface area contributed by atoms with Crippen LogP contribution >= 0.6 is 11.8 Å². The third-order valence-electron chi connectivity index (χ3n) is 6.97. The van der Waals surface area contributed by atoms with E-state index < -0.39 is 0 Å². The van der Waals surface area contributed by atoms with Crippen LogP contribution in [0, 0.1) is 6.92 Å². The smallest absolute Gasteiger partial charge is 0.141 e. The van der Waals surface area contributed by atoms with Gasteiger partial charge in [0.15, 0.2) is 0 Å². The molecule has 1 saturated heterocycles. The van der Waals surface area contributed by atoms with E-state index in [4.69, 9.17) is 9.26 Å². The first-order valence-electron chi connectivity index (χ1n) is 11.9. The molecule has 2 aliphatic heterocycles. The highest BCUT2D eigenvalue weighted by Crippen LogP contribution is 2.47. The van der Waals surface area contributed by atoms with Crippen LogP contribution in [0.2, 0.25) is 0 Å². The Balaban J connectivity index is 1.46. The Labute approximate surface area is 201 Å². The highest BCUT2D eigenvalue weighted by molar-refractivity contribution is 7.99. The predicted octanol–water partition coefficient (Wildman–Crippen LogP) is 6.12. The zero-order valence-corrected chi connectivity index (χ0v) is 20.0. The molecule has 1 fully saturated rings. The Hall–Kier alpha value is -2.77. The number of thioether (sulfide) groups is 1. The largest absolute Gasteiger partial charge is 0.508 e. The predicted molar refractivity (Wildman–Crippen MR) is 134 cm³/mol. The number of aryl methyl sites for hydroxylation is 2. The van der Waals surface area contributed by atoms with E-state index in [9.17, 15) is 9.50 Å². The quantitative estimate of drug-likeness (QED) is 0.373. The van der Waals surface area contributed by atoms with Crippen LogP contribution in [0.4, 0.5) is 4.39 Å². The van der Waals surface area contributed by atoms with Crippen molar-refractivity contribution < 1.29 is 18.8 Å². The number of rotatable bonds is 5. The number of phenols is 1. The maximum Gasteiger partial charge on any atom is 0.141 e. The van der Waals surface area contributed by atoms with E-state index >= 15 is 0 Å². The van der Waals surface area contributed by atoms with Crippen molar-refractivity contribution in [1.29, 1.82) is 0 Å². The standard InChI is InChI=1S/C27H27FN2O3S/c1-16-25-22-8-12-34-24-13-17(31)3-5-21(24)26(22)20-6-4-18(14-23(20)27(25)29-33-16)32-19-7-11-30(15-19)10-2-9-28/h3-6,13-14,19,31H,2,7-12,15H2,1H3/t19-/m0/s1. The van der Waals surface area contributed by atoms with Gasteiger partial charge in [-0.25, -0.2) is 0 Å². The van der Waals surface area contributed by atoms with Gasteiger partial charge >= 0.3 is 0 Å². The maximum absolute atomic E-state index is 12.5. The summed E-state index contributed by atoms with van der Waals surface area (Å²) in [5.74, 6) is 2.86. The molecule has 0 saturated carbocycles. The number of aromatic hydroxyl groups is 1. The lowest BCUT2D eigenvalue weighted by atomic mass is 9.88. The van der Waals surface area contributed by atoms with Gasteiger partial charge in [0.05, 0.1) is 6.67 Å². The van der Waals surface area contributed by atoms with Crippen molar-refractivity contribution in [3.8, 4) is 22.6 Å². The molecule has 1 atom stereocenters. The minimum Gasteiger partial charge on any atom is -0.508 e. The van der Waals surface area contributed by atoms with Gasteiger partial charge in [-0.3, -0.25) is 9.29 Å². The fourth-order valence-electron chi connectivity index (χ4n) is 5.44. The van der Waals surface area contributed by atoms with E-state index in [0.717, 1.165) is 81.9 Å². The molecule has 1 N–H and O–H groups in total. The highest BCUT2D eigenvalue weighted by atomic mass is 32.2. The molecule has 0 bridgehead atoms. The summed E-state index contributed by atoms with van der Waals surface area (Å²) in [6.07, 6.45) is 2.53. The normalized spacial score (nSPS) is 18.2. The molecule has 0 unspecified atom stereocenters. The minimum atomic E-state index is -0.272. The molecule has 1 aromatic heterocycles. The third kappa shape index (κ3) is 3.71. The van der Waals surface area contributed by atoms with Crippen molar-refractivity contribution in [1.82, 2.24) is 10.1 Å². The molecule has 0 spiro atoms. The van der Waals surface area contributed by atoms with Gasteiger partial charge in [-0.05, 0) is 84.7 Å². The lowest BCUT2D eigenvalue weighted by Crippen LogP contribution is -2.26. The summed E-state index contributed by atoms with van der Waals surface area (Å²) >= 11 is 1.77. The topological polar surface area (TPSA) is 58.7 Å². The lowest BCUT2D eigenvalue weighted by molar-refractivity contribution is 0.198. The van der Waals surface area contributed by atoms with Crippen LogP contribution in [0.25, 0.3) is 32.8 Å². The second-order valence-corrected chi connectivity index (χ2v) is 10.3.